The van der Waals surface area contributed by atoms with Crippen molar-refractivity contribution in [3.63, 3.8) is 0 Å². The summed E-state index contributed by atoms with van der Waals surface area (Å²) in [5.41, 5.74) is 2.18. The first kappa shape index (κ1) is 21.9. The van der Waals surface area contributed by atoms with Gasteiger partial charge in [0.1, 0.15) is 12.2 Å². The first-order valence-corrected chi connectivity index (χ1v) is 10.6. The van der Waals surface area contributed by atoms with E-state index in [1.165, 1.54) is 11.8 Å². The molecule has 1 fully saturated rings. The zero-order chi connectivity index (χ0) is 23.0. The summed E-state index contributed by atoms with van der Waals surface area (Å²) in [6.45, 7) is 4.93. The summed E-state index contributed by atoms with van der Waals surface area (Å²) in [5.74, 6) is -1.53. The van der Waals surface area contributed by atoms with E-state index in [0.29, 0.717) is 16.8 Å². The Morgan fingerprint density at radius 3 is 2.72 bits per heavy atom. The lowest BCUT2D eigenvalue weighted by Gasteiger charge is -2.26. The number of carbonyl (C=O) groups is 2. The van der Waals surface area contributed by atoms with Gasteiger partial charge in [0.15, 0.2) is 0 Å². The lowest BCUT2D eigenvalue weighted by Crippen LogP contribution is -2.46. The topological polar surface area (TPSA) is 91.0 Å². The molecule has 1 saturated heterocycles. The number of H-pyrrole nitrogens is 1. The summed E-state index contributed by atoms with van der Waals surface area (Å²) in [4.78, 5) is 30.4. The number of halogens is 2. The lowest BCUT2D eigenvalue weighted by atomic mass is 9.99. The minimum absolute atomic E-state index is 0.0463. The zero-order valence-corrected chi connectivity index (χ0v) is 18.1. The molecule has 1 aliphatic rings. The van der Waals surface area contributed by atoms with E-state index in [1.807, 2.05) is 19.9 Å². The molecule has 3 heterocycles. The number of amides is 2. The van der Waals surface area contributed by atoms with Crippen LogP contribution in [-0.4, -0.2) is 50.7 Å². The van der Waals surface area contributed by atoms with E-state index in [1.54, 1.807) is 30.5 Å². The smallest absolute Gasteiger partial charge is 0.243 e. The summed E-state index contributed by atoms with van der Waals surface area (Å²) in [7, 11) is 0. The molecule has 0 radical (unpaired) electrons. The van der Waals surface area contributed by atoms with Gasteiger partial charge in [-0.2, -0.15) is 9.49 Å². The van der Waals surface area contributed by atoms with Gasteiger partial charge < -0.3 is 10.2 Å². The number of carbonyl (C=O) groups excluding carboxylic acids is 2. The Labute approximate surface area is 184 Å². The maximum Gasteiger partial charge on any atom is 0.243 e. The molecule has 3 aromatic rings. The SMILES string of the molecule is CC(=O)N1CC(F)CC1C(=O)NC(c1ccc2cn[nH]c2c1)c1ccc(C(C)C)c(F)n1. The number of alkyl halides is 1. The Bertz CT molecular complexity index is 1160. The number of likely N-dealkylation sites (tertiary alicyclic amines) is 1. The minimum atomic E-state index is -1.27. The fraction of sp³-hybridized carbons (Fsp3) is 0.391. The van der Waals surface area contributed by atoms with Crippen molar-refractivity contribution in [2.45, 2.75) is 51.4 Å². The Hall–Kier alpha value is -3.36. The third-order valence-electron chi connectivity index (χ3n) is 5.86. The largest absolute Gasteiger partial charge is 0.342 e. The quantitative estimate of drug-likeness (QED) is 0.594. The molecule has 1 aromatic carbocycles. The Morgan fingerprint density at radius 2 is 2.03 bits per heavy atom. The number of fused-ring (bicyclic) bond motifs is 1. The second-order valence-corrected chi connectivity index (χ2v) is 8.45. The number of hydrogen-bond acceptors (Lipinski definition) is 4. The average molecular weight is 441 g/mol. The summed E-state index contributed by atoms with van der Waals surface area (Å²) in [6.07, 6.45) is 0.328. The van der Waals surface area contributed by atoms with E-state index in [9.17, 15) is 18.4 Å². The highest BCUT2D eigenvalue weighted by Crippen LogP contribution is 2.28. The molecule has 0 saturated carbocycles. The van der Waals surface area contributed by atoms with Gasteiger partial charge in [0.2, 0.25) is 17.8 Å². The molecule has 2 amide bonds. The zero-order valence-electron chi connectivity index (χ0n) is 18.1. The molecule has 168 valence electrons. The monoisotopic (exact) mass is 441 g/mol. The third-order valence-corrected chi connectivity index (χ3v) is 5.86. The van der Waals surface area contributed by atoms with Gasteiger partial charge in [-0.25, -0.2) is 9.37 Å². The summed E-state index contributed by atoms with van der Waals surface area (Å²) in [5, 5.41) is 10.6. The third kappa shape index (κ3) is 4.19. The molecule has 4 rings (SSSR count). The molecule has 3 unspecified atom stereocenters. The maximum absolute atomic E-state index is 14.7. The first-order chi connectivity index (χ1) is 15.2. The van der Waals surface area contributed by atoms with Crippen LogP contribution in [0.1, 0.15) is 56.0 Å². The van der Waals surface area contributed by atoms with Gasteiger partial charge in [-0.1, -0.05) is 32.0 Å². The van der Waals surface area contributed by atoms with Crippen molar-refractivity contribution in [3.8, 4) is 0 Å². The number of nitrogens with one attached hydrogen (secondary N) is 2. The minimum Gasteiger partial charge on any atom is -0.342 e. The van der Waals surface area contributed by atoms with Gasteiger partial charge >= 0.3 is 0 Å². The van der Waals surface area contributed by atoms with E-state index < -0.39 is 30.1 Å². The van der Waals surface area contributed by atoms with Gasteiger partial charge in [0.05, 0.1) is 30.0 Å². The van der Waals surface area contributed by atoms with Gasteiger partial charge in [-0.05, 0) is 23.6 Å². The summed E-state index contributed by atoms with van der Waals surface area (Å²) < 4.78 is 28.7. The molecule has 3 atom stereocenters. The van der Waals surface area contributed by atoms with Crippen molar-refractivity contribution >= 4 is 22.7 Å². The number of pyridine rings is 1. The van der Waals surface area contributed by atoms with Gasteiger partial charge in [-0.3, -0.25) is 14.7 Å². The lowest BCUT2D eigenvalue weighted by molar-refractivity contribution is -0.137. The number of nitrogens with zero attached hydrogens (tertiary/aromatic N) is 3. The van der Waals surface area contributed by atoms with Crippen molar-refractivity contribution in [2.24, 2.45) is 0 Å². The van der Waals surface area contributed by atoms with Crippen LogP contribution in [-0.2, 0) is 9.59 Å². The average Bonchev–Trinajstić information content (AvgIpc) is 3.37. The van der Waals surface area contributed by atoms with Crippen LogP contribution in [0.3, 0.4) is 0 Å². The molecular formula is C23H25F2N5O2. The molecule has 2 aromatic heterocycles. The maximum atomic E-state index is 14.7. The van der Waals surface area contributed by atoms with Crippen molar-refractivity contribution in [2.75, 3.05) is 6.54 Å². The highest BCUT2D eigenvalue weighted by molar-refractivity contribution is 5.88. The number of aromatic amines is 1. The van der Waals surface area contributed by atoms with Crippen LogP contribution >= 0.6 is 0 Å². The number of rotatable bonds is 5. The van der Waals surface area contributed by atoms with Gasteiger partial charge in [0.25, 0.3) is 0 Å². The number of benzene rings is 1. The normalized spacial score (nSPS) is 19.5. The van der Waals surface area contributed by atoms with E-state index in [-0.39, 0.29) is 24.8 Å². The molecule has 0 bridgehead atoms. The summed E-state index contributed by atoms with van der Waals surface area (Å²) in [6, 6.07) is 7.05. The second-order valence-electron chi connectivity index (χ2n) is 8.45. The molecule has 0 spiro atoms. The highest BCUT2D eigenvalue weighted by Gasteiger charge is 2.39. The Kier molecular flexibility index (Phi) is 5.90. The van der Waals surface area contributed by atoms with Crippen LogP contribution in [0.25, 0.3) is 10.9 Å². The molecule has 2 N–H and O–H groups in total. The van der Waals surface area contributed by atoms with E-state index in [4.69, 9.17) is 0 Å². The van der Waals surface area contributed by atoms with Gasteiger partial charge in [-0.15, -0.1) is 0 Å². The Morgan fingerprint density at radius 1 is 1.25 bits per heavy atom. The predicted octanol–water partition coefficient (Wildman–Crippen LogP) is 3.38. The molecule has 0 aliphatic carbocycles. The standard InChI is InChI=1S/C23H25F2N5O2/c1-12(2)17-6-7-18(27-22(17)25)21(14-4-5-15-10-26-29-19(15)8-14)28-23(32)20-9-16(24)11-30(20)13(3)31/h4-8,10,12,16,20-21H,9,11H2,1-3H3,(H,26,29)(H,28,32). The molecule has 1 aliphatic heterocycles. The van der Waals surface area contributed by atoms with E-state index >= 15 is 0 Å². The number of hydrogen-bond donors (Lipinski definition) is 2. The Balaban J connectivity index is 1.71. The highest BCUT2D eigenvalue weighted by atomic mass is 19.1. The molecule has 7 nitrogen and oxygen atoms in total. The van der Waals surface area contributed by atoms with Crippen LogP contribution in [0.4, 0.5) is 8.78 Å². The molecular weight excluding hydrogens is 416 g/mol. The van der Waals surface area contributed by atoms with E-state index in [2.05, 4.69) is 20.5 Å². The van der Waals surface area contributed by atoms with Crippen LogP contribution in [0.2, 0.25) is 0 Å². The second kappa shape index (κ2) is 8.64. The fourth-order valence-corrected chi connectivity index (χ4v) is 4.13. The van der Waals surface area contributed by atoms with Crippen LogP contribution < -0.4 is 5.32 Å². The van der Waals surface area contributed by atoms with Crippen LogP contribution in [0, 0.1) is 5.95 Å². The molecule has 9 heteroatoms. The van der Waals surface area contributed by atoms with Crippen LogP contribution in [0.5, 0.6) is 0 Å². The van der Waals surface area contributed by atoms with E-state index in [0.717, 1.165) is 10.9 Å². The first-order valence-electron chi connectivity index (χ1n) is 10.6. The van der Waals surface area contributed by atoms with Crippen molar-refractivity contribution < 1.29 is 18.4 Å². The summed E-state index contributed by atoms with van der Waals surface area (Å²) >= 11 is 0. The van der Waals surface area contributed by atoms with Gasteiger partial charge in [0, 0.05) is 24.3 Å². The molecule has 32 heavy (non-hydrogen) atoms. The van der Waals surface area contributed by atoms with Crippen molar-refractivity contribution in [3.05, 3.63) is 59.3 Å². The van der Waals surface area contributed by atoms with Crippen LogP contribution in [0.15, 0.2) is 36.5 Å². The van der Waals surface area contributed by atoms with Crippen molar-refractivity contribution in [1.82, 2.24) is 25.4 Å². The number of aromatic nitrogens is 3. The predicted molar refractivity (Wildman–Crippen MR) is 115 cm³/mol. The van der Waals surface area contributed by atoms with Crippen molar-refractivity contribution in [1.29, 1.82) is 0 Å². The fourth-order valence-electron chi connectivity index (χ4n) is 4.13.